The number of carbonyl (C=O) groups excluding carboxylic acids is 1. The lowest BCUT2D eigenvalue weighted by atomic mass is 10.2. The van der Waals surface area contributed by atoms with E-state index in [4.69, 9.17) is 5.73 Å². The number of nitrogens with zero attached hydrogens (tertiary/aromatic N) is 3. The molecular formula is C7H12N4O3. The van der Waals surface area contributed by atoms with Gasteiger partial charge in [-0.15, -0.1) is 5.10 Å². The monoisotopic (exact) mass is 200 g/mol. The van der Waals surface area contributed by atoms with E-state index in [1.807, 2.05) is 0 Å². The van der Waals surface area contributed by atoms with E-state index >= 15 is 0 Å². The van der Waals surface area contributed by atoms with Crippen LogP contribution in [0.3, 0.4) is 0 Å². The summed E-state index contributed by atoms with van der Waals surface area (Å²) >= 11 is 0. The van der Waals surface area contributed by atoms with Gasteiger partial charge in [0.25, 0.3) is 0 Å². The van der Waals surface area contributed by atoms with Gasteiger partial charge >= 0.3 is 6.09 Å². The highest BCUT2D eigenvalue weighted by molar-refractivity contribution is 5.64. The van der Waals surface area contributed by atoms with Crippen molar-refractivity contribution in [1.82, 2.24) is 15.0 Å². The number of rotatable bonds is 4. The van der Waals surface area contributed by atoms with Crippen molar-refractivity contribution < 1.29 is 14.6 Å². The standard InChI is InChI=1S/C7H12N4O3/c1-5(14-7(8)13)6(12)4-11-3-2-9-10-11/h2-3,5-6,12H,4H2,1H3,(H2,8,13)/t5-,6?/m0/s1. The lowest BCUT2D eigenvalue weighted by molar-refractivity contribution is 0.00613. The van der Waals surface area contributed by atoms with E-state index in [9.17, 15) is 9.90 Å². The van der Waals surface area contributed by atoms with E-state index in [2.05, 4.69) is 15.0 Å². The molecule has 0 saturated carbocycles. The van der Waals surface area contributed by atoms with Gasteiger partial charge in [-0.1, -0.05) is 5.21 Å². The van der Waals surface area contributed by atoms with E-state index in [1.54, 1.807) is 13.1 Å². The smallest absolute Gasteiger partial charge is 0.404 e. The molecule has 0 aromatic carbocycles. The number of primary amides is 1. The molecule has 1 heterocycles. The molecular weight excluding hydrogens is 188 g/mol. The minimum atomic E-state index is -0.907. The van der Waals surface area contributed by atoms with Crippen LogP contribution in [0, 0.1) is 0 Å². The number of nitrogens with two attached hydrogens (primary N) is 1. The van der Waals surface area contributed by atoms with Crippen molar-refractivity contribution in [2.75, 3.05) is 0 Å². The second kappa shape index (κ2) is 4.56. The summed E-state index contributed by atoms with van der Waals surface area (Å²) in [6.07, 6.45) is 0.656. The van der Waals surface area contributed by atoms with Crippen LogP contribution in [0.4, 0.5) is 4.79 Å². The minimum absolute atomic E-state index is 0.203. The summed E-state index contributed by atoms with van der Waals surface area (Å²) < 4.78 is 6.02. The summed E-state index contributed by atoms with van der Waals surface area (Å²) in [5.41, 5.74) is 4.80. The average molecular weight is 200 g/mol. The zero-order chi connectivity index (χ0) is 10.6. The van der Waals surface area contributed by atoms with Crippen LogP contribution in [-0.2, 0) is 11.3 Å². The van der Waals surface area contributed by atoms with Gasteiger partial charge in [-0.05, 0) is 6.92 Å². The predicted molar refractivity (Wildman–Crippen MR) is 46.2 cm³/mol. The molecule has 0 aliphatic rings. The maximum absolute atomic E-state index is 10.4. The van der Waals surface area contributed by atoms with E-state index in [0.717, 1.165) is 0 Å². The number of aliphatic hydroxyl groups excluding tert-OH is 1. The Morgan fingerprint density at radius 3 is 3.00 bits per heavy atom. The van der Waals surface area contributed by atoms with Gasteiger partial charge in [0, 0.05) is 6.20 Å². The fraction of sp³-hybridized carbons (Fsp3) is 0.571. The molecule has 1 amide bonds. The molecule has 1 aromatic rings. The van der Waals surface area contributed by atoms with Crippen LogP contribution in [0.5, 0.6) is 0 Å². The topological polar surface area (TPSA) is 103 Å². The molecule has 0 aliphatic carbocycles. The summed E-state index contributed by atoms with van der Waals surface area (Å²) in [5.74, 6) is 0. The Kier molecular flexibility index (Phi) is 3.41. The van der Waals surface area contributed by atoms with Crippen molar-refractivity contribution in [2.24, 2.45) is 5.73 Å². The first-order valence-electron chi connectivity index (χ1n) is 4.08. The van der Waals surface area contributed by atoms with Gasteiger partial charge in [-0.25, -0.2) is 9.48 Å². The van der Waals surface area contributed by atoms with Crippen LogP contribution in [-0.4, -0.2) is 38.4 Å². The number of hydrogen-bond acceptors (Lipinski definition) is 5. The van der Waals surface area contributed by atoms with Gasteiger partial charge in [0.15, 0.2) is 0 Å². The molecule has 0 aliphatic heterocycles. The number of amides is 1. The molecule has 0 bridgehead atoms. The Morgan fingerprint density at radius 1 is 1.79 bits per heavy atom. The second-order valence-electron chi connectivity index (χ2n) is 2.83. The number of aromatic nitrogens is 3. The van der Waals surface area contributed by atoms with Gasteiger partial charge in [0.2, 0.25) is 0 Å². The SMILES string of the molecule is C[C@H](OC(N)=O)C(O)Cn1ccnn1. The largest absolute Gasteiger partial charge is 0.444 e. The highest BCUT2D eigenvalue weighted by Crippen LogP contribution is 2.01. The molecule has 7 nitrogen and oxygen atoms in total. The van der Waals surface area contributed by atoms with Gasteiger partial charge in [-0.3, -0.25) is 0 Å². The zero-order valence-electron chi connectivity index (χ0n) is 7.70. The second-order valence-corrected chi connectivity index (χ2v) is 2.83. The van der Waals surface area contributed by atoms with Crippen LogP contribution >= 0.6 is 0 Å². The van der Waals surface area contributed by atoms with Gasteiger partial charge in [0.1, 0.15) is 12.2 Å². The Balaban J connectivity index is 2.41. The third-order valence-corrected chi connectivity index (χ3v) is 1.69. The Hall–Kier alpha value is -1.63. The first-order chi connectivity index (χ1) is 6.59. The quantitative estimate of drug-likeness (QED) is 0.657. The third kappa shape index (κ3) is 3.02. The van der Waals surface area contributed by atoms with Crippen LogP contribution < -0.4 is 5.73 Å². The Bertz CT molecular complexity index is 287. The lowest BCUT2D eigenvalue weighted by Gasteiger charge is -2.17. The molecule has 1 unspecified atom stereocenters. The molecule has 1 aromatic heterocycles. The number of aliphatic hydroxyl groups is 1. The van der Waals surface area contributed by atoms with E-state index in [0.29, 0.717) is 0 Å². The molecule has 14 heavy (non-hydrogen) atoms. The average Bonchev–Trinajstić information content (AvgIpc) is 2.55. The van der Waals surface area contributed by atoms with Crippen LogP contribution in [0.1, 0.15) is 6.92 Å². The molecule has 0 spiro atoms. The lowest BCUT2D eigenvalue weighted by Crippen LogP contribution is -2.34. The van der Waals surface area contributed by atoms with Crippen molar-refractivity contribution in [2.45, 2.75) is 25.7 Å². The van der Waals surface area contributed by atoms with Crippen LogP contribution in [0.25, 0.3) is 0 Å². The van der Waals surface area contributed by atoms with Crippen LogP contribution in [0.2, 0.25) is 0 Å². The van der Waals surface area contributed by atoms with Crippen molar-refractivity contribution in [3.63, 3.8) is 0 Å². The molecule has 7 heteroatoms. The molecule has 1 rings (SSSR count). The maximum Gasteiger partial charge on any atom is 0.404 e. The van der Waals surface area contributed by atoms with E-state index in [-0.39, 0.29) is 6.54 Å². The number of carbonyl (C=O) groups is 1. The summed E-state index contributed by atoms with van der Waals surface area (Å²) in [5, 5.41) is 16.7. The number of ether oxygens (including phenoxy) is 1. The van der Waals surface area contributed by atoms with Gasteiger partial charge in [0.05, 0.1) is 12.7 Å². The van der Waals surface area contributed by atoms with Gasteiger partial charge in [-0.2, -0.15) is 0 Å². The van der Waals surface area contributed by atoms with Gasteiger partial charge < -0.3 is 15.6 Å². The molecule has 0 radical (unpaired) electrons. The fourth-order valence-electron chi connectivity index (χ4n) is 0.932. The summed E-state index contributed by atoms with van der Waals surface area (Å²) in [4.78, 5) is 10.4. The highest BCUT2D eigenvalue weighted by Gasteiger charge is 2.17. The number of hydrogen-bond donors (Lipinski definition) is 2. The first-order valence-corrected chi connectivity index (χ1v) is 4.08. The zero-order valence-corrected chi connectivity index (χ0v) is 7.70. The maximum atomic E-state index is 10.4. The fourth-order valence-corrected chi connectivity index (χ4v) is 0.932. The Labute approximate surface area is 80.5 Å². The van der Waals surface area contributed by atoms with Crippen molar-refractivity contribution >= 4 is 6.09 Å². The third-order valence-electron chi connectivity index (χ3n) is 1.69. The summed E-state index contributed by atoms with van der Waals surface area (Å²) in [6.45, 7) is 1.75. The van der Waals surface area contributed by atoms with Crippen molar-refractivity contribution in [1.29, 1.82) is 0 Å². The van der Waals surface area contributed by atoms with E-state index < -0.39 is 18.3 Å². The van der Waals surface area contributed by atoms with Crippen LogP contribution in [0.15, 0.2) is 12.4 Å². The summed E-state index contributed by atoms with van der Waals surface area (Å²) in [6, 6.07) is 0. The molecule has 0 saturated heterocycles. The molecule has 2 atom stereocenters. The Morgan fingerprint density at radius 2 is 2.50 bits per heavy atom. The molecule has 3 N–H and O–H groups in total. The van der Waals surface area contributed by atoms with Crippen molar-refractivity contribution in [3.05, 3.63) is 12.4 Å². The summed E-state index contributed by atoms with van der Waals surface area (Å²) in [7, 11) is 0. The highest BCUT2D eigenvalue weighted by atomic mass is 16.6. The predicted octanol–water partition coefficient (Wildman–Crippen LogP) is -0.877. The normalized spacial score (nSPS) is 14.7. The first kappa shape index (κ1) is 10.5. The van der Waals surface area contributed by atoms with Crippen molar-refractivity contribution in [3.8, 4) is 0 Å². The minimum Gasteiger partial charge on any atom is -0.444 e. The molecule has 78 valence electrons. The van der Waals surface area contributed by atoms with E-state index in [1.165, 1.54) is 10.9 Å². The molecule has 0 fully saturated rings.